The standard InChI is InChI=1S/C23H24N2O/c1-17(25-15-14-20(16-25)18-8-3-2-4-9-18)23(26)24-22-13-7-11-19-10-5-6-12-21(19)22/h2-13,17,20H,14-16H2,1H3,(H,24,26)/t17-,20+/m1/s1. The van der Waals surface area contributed by atoms with E-state index in [-0.39, 0.29) is 11.9 Å². The van der Waals surface area contributed by atoms with Crippen LogP contribution in [-0.2, 0) is 4.79 Å². The zero-order valence-electron chi connectivity index (χ0n) is 15.1. The molecule has 0 aliphatic carbocycles. The van der Waals surface area contributed by atoms with Gasteiger partial charge < -0.3 is 5.32 Å². The fourth-order valence-corrected chi connectivity index (χ4v) is 3.87. The Morgan fingerprint density at radius 2 is 1.73 bits per heavy atom. The number of hydrogen-bond acceptors (Lipinski definition) is 2. The SMILES string of the molecule is C[C@H](C(=O)Nc1cccc2ccccc12)N1CC[C@H](c2ccccc2)C1. The molecule has 1 heterocycles. The van der Waals surface area contributed by atoms with Crippen molar-refractivity contribution in [3.05, 3.63) is 78.4 Å². The lowest BCUT2D eigenvalue weighted by Gasteiger charge is -2.24. The van der Waals surface area contributed by atoms with Gasteiger partial charge in [-0.1, -0.05) is 66.7 Å². The van der Waals surface area contributed by atoms with E-state index in [1.54, 1.807) is 0 Å². The Morgan fingerprint density at radius 1 is 1.00 bits per heavy atom. The van der Waals surface area contributed by atoms with Gasteiger partial charge in [0.1, 0.15) is 0 Å². The molecule has 4 rings (SSSR count). The van der Waals surface area contributed by atoms with Crippen LogP contribution in [0.3, 0.4) is 0 Å². The van der Waals surface area contributed by atoms with Crippen LogP contribution in [0.4, 0.5) is 5.69 Å². The number of hydrogen-bond donors (Lipinski definition) is 1. The Hall–Kier alpha value is -2.65. The van der Waals surface area contributed by atoms with Crippen LogP contribution in [0.25, 0.3) is 10.8 Å². The normalized spacial score (nSPS) is 18.7. The lowest BCUT2D eigenvalue weighted by atomic mass is 9.99. The van der Waals surface area contributed by atoms with Gasteiger partial charge >= 0.3 is 0 Å². The number of fused-ring (bicyclic) bond motifs is 1. The minimum absolute atomic E-state index is 0.0649. The summed E-state index contributed by atoms with van der Waals surface area (Å²) in [6.45, 7) is 3.91. The van der Waals surface area contributed by atoms with Gasteiger partial charge in [-0.05, 0) is 42.8 Å². The molecule has 0 unspecified atom stereocenters. The number of benzene rings is 3. The zero-order chi connectivity index (χ0) is 17.9. The van der Waals surface area contributed by atoms with E-state index in [9.17, 15) is 4.79 Å². The van der Waals surface area contributed by atoms with Gasteiger partial charge in [0, 0.05) is 17.6 Å². The lowest BCUT2D eigenvalue weighted by molar-refractivity contribution is -0.120. The molecular weight excluding hydrogens is 320 g/mol. The van der Waals surface area contributed by atoms with Crippen molar-refractivity contribution in [1.29, 1.82) is 0 Å². The van der Waals surface area contributed by atoms with Crippen LogP contribution in [0.5, 0.6) is 0 Å². The van der Waals surface area contributed by atoms with Gasteiger partial charge in [-0.2, -0.15) is 0 Å². The number of nitrogens with one attached hydrogen (secondary N) is 1. The third kappa shape index (κ3) is 3.35. The average Bonchev–Trinajstić information content (AvgIpc) is 3.18. The summed E-state index contributed by atoms with van der Waals surface area (Å²) in [6.07, 6.45) is 1.11. The number of rotatable bonds is 4. The molecule has 3 nitrogen and oxygen atoms in total. The predicted octanol–water partition coefficient (Wildman–Crippen LogP) is 4.66. The molecule has 3 aromatic carbocycles. The molecule has 0 radical (unpaired) electrons. The zero-order valence-corrected chi connectivity index (χ0v) is 15.1. The van der Waals surface area contributed by atoms with Gasteiger partial charge in [-0.25, -0.2) is 0 Å². The van der Waals surface area contributed by atoms with Crippen molar-refractivity contribution in [2.75, 3.05) is 18.4 Å². The molecule has 1 aliphatic heterocycles. The van der Waals surface area contributed by atoms with E-state index in [2.05, 4.69) is 58.7 Å². The Bertz CT molecular complexity index is 901. The maximum Gasteiger partial charge on any atom is 0.241 e. The molecule has 1 N–H and O–H groups in total. The predicted molar refractivity (Wildman–Crippen MR) is 107 cm³/mol. The molecule has 0 bridgehead atoms. The summed E-state index contributed by atoms with van der Waals surface area (Å²) >= 11 is 0. The van der Waals surface area contributed by atoms with Crippen molar-refractivity contribution in [3.63, 3.8) is 0 Å². The van der Waals surface area contributed by atoms with Gasteiger partial charge in [-0.3, -0.25) is 9.69 Å². The highest BCUT2D eigenvalue weighted by Crippen LogP contribution is 2.29. The smallest absolute Gasteiger partial charge is 0.241 e. The van der Waals surface area contributed by atoms with Gasteiger partial charge in [0.2, 0.25) is 5.91 Å². The van der Waals surface area contributed by atoms with Gasteiger partial charge in [0.15, 0.2) is 0 Å². The second-order valence-electron chi connectivity index (χ2n) is 7.08. The third-order valence-corrected chi connectivity index (χ3v) is 5.47. The summed E-state index contributed by atoms with van der Waals surface area (Å²) in [6, 6.07) is 24.7. The van der Waals surface area contributed by atoms with E-state index in [1.165, 1.54) is 5.56 Å². The van der Waals surface area contributed by atoms with Crippen LogP contribution in [0.2, 0.25) is 0 Å². The van der Waals surface area contributed by atoms with E-state index in [0.717, 1.165) is 36.0 Å². The largest absolute Gasteiger partial charge is 0.324 e. The number of amides is 1. The molecule has 3 aromatic rings. The second-order valence-corrected chi connectivity index (χ2v) is 7.08. The summed E-state index contributed by atoms with van der Waals surface area (Å²) in [4.78, 5) is 15.1. The van der Waals surface area contributed by atoms with Crippen molar-refractivity contribution in [3.8, 4) is 0 Å². The molecule has 0 spiro atoms. The minimum atomic E-state index is -0.136. The highest BCUT2D eigenvalue weighted by molar-refractivity contribution is 6.03. The monoisotopic (exact) mass is 344 g/mol. The van der Waals surface area contributed by atoms with Crippen molar-refractivity contribution in [2.24, 2.45) is 0 Å². The Kier molecular flexibility index (Phi) is 4.72. The lowest BCUT2D eigenvalue weighted by Crippen LogP contribution is -2.40. The van der Waals surface area contributed by atoms with Crippen molar-refractivity contribution in [1.82, 2.24) is 4.90 Å². The number of carbonyl (C=O) groups is 1. The number of carbonyl (C=O) groups excluding carboxylic acids is 1. The molecule has 1 fully saturated rings. The van der Waals surface area contributed by atoms with Crippen LogP contribution in [0.15, 0.2) is 72.8 Å². The Labute approximate surface area is 154 Å². The first-order valence-corrected chi connectivity index (χ1v) is 9.30. The summed E-state index contributed by atoms with van der Waals surface area (Å²) < 4.78 is 0. The topological polar surface area (TPSA) is 32.3 Å². The molecule has 1 saturated heterocycles. The summed E-state index contributed by atoms with van der Waals surface area (Å²) in [5.74, 6) is 0.582. The summed E-state index contributed by atoms with van der Waals surface area (Å²) in [7, 11) is 0. The number of anilines is 1. The fraction of sp³-hybridized carbons (Fsp3) is 0.261. The van der Waals surface area contributed by atoms with Gasteiger partial charge in [0.05, 0.1) is 6.04 Å². The number of nitrogens with zero attached hydrogens (tertiary/aromatic N) is 1. The first-order valence-electron chi connectivity index (χ1n) is 9.30. The Morgan fingerprint density at radius 3 is 2.58 bits per heavy atom. The van der Waals surface area contributed by atoms with E-state index in [0.29, 0.717) is 5.92 Å². The molecule has 2 atom stereocenters. The van der Waals surface area contributed by atoms with Gasteiger partial charge in [-0.15, -0.1) is 0 Å². The maximum atomic E-state index is 12.8. The van der Waals surface area contributed by atoms with E-state index in [1.807, 2.05) is 31.2 Å². The molecule has 1 aliphatic rings. The van der Waals surface area contributed by atoms with E-state index < -0.39 is 0 Å². The van der Waals surface area contributed by atoms with Gasteiger partial charge in [0.25, 0.3) is 0 Å². The molecule has 1 amide bonds. The first-order chi connectivity index (χ1) is 12.7. The van der Waals surface area contributed by atoms with Crippen molar-refractivity contribution < 1.29 is 4.79 Å². The highest BCUT2D eigenvalue weighted by atomic mass is 16.2. The molecule has 0 aromatic heterocycles. The van der Waals surface area contributed by atoms with Crippen LogP contribution in [0.1, 0.15) is 24.8 Å². The molecule has 26 heavy (non-hydrogen) atoms. The van der Waals surface area contributed by atoms with E-state index in [4.69, 9.17) is 0 Å². The van der Waals surface area contributed by atoms with Crippen molar-refractivity contribution >= 4 is 22.4 Å². The first kappa shape index (κ1) is 16.8. The number of likely N-dealkylation sites (tertiary alicyclic amines) is 1. The molecular formula is C23H24N2O. The van der Waals surface area contributed by atoms with Crippen LogP contribution in [0, 0.1) is 0 Å². The van der Waals surface area contributed by atoms with Crippen LogP contribution < -0.4 is 5.32 Å². The average molecular weight is 344 g/mol. The molecule has 132 valence electrons. The Balaban J connectivity index is 1.45. The quantitative estimate of drug-likeness (QED) is 0.747. The fourth-order valence-electron chi connectivity index (χ4n) is 3.87. The minimum Gasteiger partial charge on any atom is -0.324 e. The third-order valence-electron chi connectivity index (χ3n) is 5.47. The van der Waals surface area contributed by atoms with Crippen LogP contribution >= 0.6 is 0 Å². The summed E-state index contributed by atoms with van der Waals surface area (Å²) in [5.41, 5.74) is 2.26. The molecule has 3 heteroatoms. The van der Waals surface area contributed by atoms with E-state index >= 15 is 0 Å². The molecule has 0 saturated carbocycles. The second kappa shape index (κ2) is 7.30. The highest BCUT2D eigenvalue weighted by Gasteiger charge is 2.30. The van der Waals surface area contributed by atoms with Crippen molar-refractivity contribution in [2.45, 2.75) is 25.3 Å². The van der Waals surface area contributed by atoms with Crippen LogP contribution in [-0.4, -0.2) is 29.9 Å². The summed E-state index contributed by atoms with van der Waals surface area (Å²) in [5, 5.41) is 5.36. The maximum absolute atomic E-state index is 12.8.